The number of aromatic amines is 1. The Balaban J connectivity index is 2.14. The van der Waals surface area contributed by atoms with E-state index in [0.29, 0.717) is 16.9 Å². The molecule has 1 heterocycles. The standard InChI is InChI=1S/C14H18N4O3/c1-14(2,3)21-13(20)17-8-4-5-9(11(19)6-8)10-7-16-12(15)18-10/h4-7,19H,1-3H3,(H,17,20)(H3,15,16,18). The van der Waals surface area contributed by atoms with Crippen LogP contribution in [0.3, 0.4) is 0 Å². The minimum atomic E-state index is -0.584. The van der Waals surface area contributed by atoms with Crippen molar-refractivity contribution in [2.75, 3.05) is 11.1 Å². The highest BCUT2D eigenvalue weighted by molar-refractivity contribution is 5.86. The van der Waals surface area contributed by atoms with Crippen LogP contribution in [-0.4, -0.2) is 26.8 Å². The van der Waals surface area contributed by atoms with E-state index in [0.717, 1.165) is 0 Å². The number of nitrogens with zero attached hydrogens (tertiary/aromatic N) is 1. The maximum atomic E-state index is 11.6. The lowest BCUT2D eigenvalue weighted by atomic mass is 10.1. The fourth-order valence-corrected chi connectivity index (χ4v) is 1.73. The molecule has 2 rings (SSSR count). The summed E-state index contributed by atoms with van der Waals surface area (Å²) in [6, 6.07) is 4.72. The van der Waals surface area contributed by atoms with Crippen LogP contribution in [0.4, 0.5) is 16.4 Å². The molecule has 0 aliphatic rings. The highest BCUT2D eigenvalue weighted by Gasteiger charge is 2.16. The van der Waals surface area contributed by atoms with Gasteiger partial charge in [-0.2, -0.15) is 0 Å². The number of anilines is 2. The van der Waals surface area contributed by atoms with Gasteiger partial charge in [0.25, 0.3) is 0 Å². The van der Waals surface area contributed by atoms with E-state index < -0.39 is 11.7 Å². The summed E-state index contributed by atoms with van der Waals surface area (Å²) >= 11 is 0. The molecule has 1 aromatic carbocycles. The van der Waals surface area contributed by atoms with Crippen LogP contribution in [0.1, 0.15) is 20.8 Å². The number of imidazole rings is 1. The number of nitrogens with two attached hydrogens (primary N) is 1. The van der Waals surface area contributed by atoms with E-state index in [4.69, 9.17) is 10.5 Å². The smallest absolute Gasteiger partial charge is 0.412 e. The van der Waals surface area contributed by atoms with Crippen LogP contribution in [0.2, 0.25) is 0 Å². The summed E-state index contributed by atoms with van der Waals surface area (Å²) in [5.74, 6) is 0.257. The number of hydrogen-bond acceptors (Lipinski definition) is 5. The molecule has 0 radical (unpaired) electrons. The summed E-state index contributed by atoms with van der Waals surface area (Å²) in [4.78, 5) is 18.3. The van der Waals surface area contributed by atoms with Gasteiger partial charge in [0.1, 0.15) is 11.4 Å². The maximum Gasteiger partial charge on any atom is 0.412 e. The predicted molar refractivity (Wildman–Crippen MR) is 80.0 cm³/mol. The normalized spacial score (nSPS) is 11.2. The van der Waals surface area contributed by atoms with Gasteiger partial charge in [0.2, 0.25) is 0 Å². The first-order chi connectivity index (χ1) is 9.74. The van der Waals surface area contributed by atoms with Gasteiger partial charge in [-0.05, 0) is 32.9 Å². The van der Waals surface area contributed by atoms with Gasteiger partial charge in [0.05, 0.1) is 11.9 Å². The Kier molecular flexibility index (Phi) is 3.75. The average Bonchev–Trinajstić information content (AvgIpc) is 2.73. The number of phenols is 1. The molecule has 0 saturated carbocycles. The van der Waals surface area contributed by atoms with Crippen molar-refractivity contribution in [3.8, 4) is 17.0 Å². The van der Waals surface area contributed by atoms with Gasteiger partial charge in [-0.25, -0.2) is 9.78 Å². The number of aromatic hydroxyl groups is 1. The molecular formula is C14H18N4O3. The van der Waals surface area contributed by atoms with Crippen LogP contribution in [0.15, 0.2) is 24.4 Å². The Hall–Kier alpha value is -2.70. The Labute approximate surface area is 122 Å². The molecule has 0 bridgehead atoms. The summed E-state index contributed by atoms with van der Waals surface area (Å²) in [5.41, 5.74) is 6.47. The van der Waals surface area contributed by atoms with Crippen molar-refractivity contribution in [2.24, 2.45) is 0 Å². The number of aromatic nitrogens is 2. The quantitative estimate of drug-likeness (QED) is 0.679. The zero-order chi connectivity index (χ0) is 15.6. The van der Waals surface area contributed by atoms with E-state index in [1.54, 1.807) is 32.9 Å². The zero-order valence-corrected chi connectivity index (χ0v) is 12.1. The largest absolute Gasteiger partial charge is 0.507 e. The Bertz CT molecular complexity index is 658. The first kappa shape index (κ1) is 14.7. The molecule has 0 fully saturated rings. The molecule has 0 aliphatic carbocycles. The van der Waals surface area contributed by atoms with Crippen LogP contribution in [-0.2, 0) is 4.74 Å². The third kappa shape index (κ3) is 3.88. The number of carbonyl (C=O) groups is 1. The number of nitrogen functional groups attached to an aromatic ring is 1. The monoisotopic (exact) mass is 290 g/mol. The van der Waals surface area contributed by atoms with Gasteiger partial charge in [-0.3, -0.25) is 5.32 Å². The van der Waals surface area contributed by atoms with E-state index in [-0.39, 0.29) is 11.7 Å². The van der Waals surface area contributed by atoms with Gasteiger partial charge in [0.15, 0.2) is 5.95 Å². The van der Waals surface area contributed by atoms with E-state index in [1.807, 2.05) is 0 Å². The third-order valence-corrected chi connectivity index (χ3v) is 2.53. The van der Waals surface area contributed by atoms with Gasteiger partial charge in [0, 0.05) is 17.3 Å². The highest BCUT2D eigenvalue weighted by atomic mass is 16.6. The molecule has 0 atom stereocenters. The second kappa shape index (κ2) is 5.35. The van der Waals surface area contributed by atoms with Gasteiger partial charge in [-0.1, -0.05) is 0 Å². The number of benzene rings is 1. The van der Waals surface area contributed by atoms with Crippen LogP contribution < -0.4 is 11.1 Å². The number of amides is 1. The lowest BCUT2D eigenvalue weighted by Crippen LogP contribution is -2.27. The van der Waals surface area contributed by atoms with E-state index >= 15 is 0 Å². The number of rotatable bonds is 2. The van der Waals surface area contributed by atoms with Gasteiger partial charge in [-0.15, -0.1) is 0 Å². The molecule has 2 aromatic rings. The number of phenolic OH excluding ortho intramolecular Hbond substituents is 1. The Morgan fingerprint density at radius 2 is 2.14 bits per heavy atom. The van der Waals surface area contributed by atoms with Crippen LogP contribution in [0.5, 0.6) is 5.75 Å². The fraction of sp³-hybridized carbons (Fsp3) is 0.286. The number of hydrogen-bond donors (Lipinski definition) is 4. The molecule has 1 aromatic heterocycles. The lowest BCUT2D eigenvalue weighted by molar-refractivity contribution is 0.0636. The first-order valence-corrected chi connectivity index (χ1v) is 6.38. The van der Waals surface area contributed by atoms with Crippen molar-refractivity contribution in [3.63, 3.8) is 0 Å². The molecule has 7 nitrogen and oxygen atoms in total. The number of carbonyl (C=O) groups excluding carboxylic acids is 1. The van der Waals surface area contributed by atoms with E-state index in [2.05, 4.69) is 15.3 Å². The average molecular weight is 290 g/mol. The lowest BCUT2D eigenvalue weighted by Gasteiger charge is -2.19. The number of H-pyrrole nitrogens is 1. The van der Waals surface area contributed by atoms with Crippen molar-refractivity contribution in [1.29, 1.82) is 0 Å². The predicted octanol–water partition coefficient (Wildman–Crippen LogP) is 2.71. The maximum absolute atomic E-state index is 11.6. The SMILES string of the molecule is CC(C)(C)OC(=O)Nc1ccc(-c2cnc(N)[nH]2)c(O)c1. The van der Waals surface area contributed by atoms with Crippen molar-refractivity contribution in [1.82, 2.24) is 9.97 Å². The molecule has 7 heteroatoms. The van der Waals surface area contributed by atoms with Crippen LogP contribution in [0, 0.1) is 0 Å². The van der Waals surface area contributed by atoms with Gasteiger partial charge >= 0.3 is 6.09 Å². The molecule has 0 saturated heterocycles. The zero-order valence-electron chi connectivity index (χ0n) is 12.1. The summed E-state index contributed by atoms with van der Waals surface area (Å²) in [6.45, 7) is 5.32. The summed E-state index contributed by atoms with van der Waals surface area (Å²) < 4.78 is 5.14. The number of nitrogens with one attached hydrogen (secondary N) is 2. The summed E-state index contributed by atoms with van der Waals surface area (Å²) in [7, 11) is 0. The molecule has 0 unspecified atom stereocenters. The molecule has 5 N–H and O–H groups in total. The Morgan fingerprint density at radius 3 is 2.67 bits per heavy atom. The van der Waals surface area contributed by atoms with Crippen LogP contribution >= 0.6 is 0 Å². The van der Waals surface area contributed by atoms with Gasteiger partial charge < -0.3 is 20.6 Å². The second-order valence-corrected chi connectivity index (χ2v) is 5.54. The van der Waals surface area contributed by atoms with Crippen molar-refractivity contribution in [2.45, 2.75) is 26.4 Å². The molecule has 21 heavy (non-hydrogen) atoms. The third-order valence-electron chi connectivity index (χ3n) is 2.53. The highest BCUT2D eigenvalue weighted by Crippen LogP contribution is 2.30. The molecular weight excluding hydrogens is 272 g/mol. The minimum Gasteiger partial charge on any atom is -0.507 e. The molecule has 0 spiro atoms. The van der Waals surface area contributed by atoms with E-state index in [9.17, 15) is 9.90 Å². The minimum absolute atomic E-state index is 0.00721. The fourth-order valence-electron chi connectivity index (χ4n) is 1.73. The molecule has 112 valence electrons. The first-order valence-electron chi connectivity index (χ1n) is 6.38. The van der Waals surface area contributed by atoms with Crippen molar-refractivity contribution < 1.29 is 14.6 Å². The van der Waals surface area contributed by atoms with Crippen molar-refractivity contribution >= 4 is 17.7 Å². The van der Waals surface area contributed by atoms with Crippen LogP contribution in [0.25, 0.3) is 11.3 Å². The van der Waals surface area contributed by atoms with Crippen molar-refractivity contribution in [3.05, 3.63) is 24.4 Å². The summed E-state index contributed by atoms with van der Waals surface area (Å²) in [6.07, 6.45) is 0.936. The topological polar surface area (TPSA) is 113 Å². The number of ether oxygens (including phenoxy) is 1. The summed E-state index contributed by atoms with van der Waals surface area (Å²) in [5, 5.41) is 12.6. The Morgan fingerprint density at radius 1 is 1.43 bits per heavy atom. The van der Waals surface area contributed by atoms with E-state index in [1.165, 1.54) is 12.3 Å². The molecule has 1 amide bonds. The molecule has 0 aliphatic heterocycles. The second-order valence-electron chi connectivity index (χ2n) is 5.54.